The molecule has 5 rings (SSSR count). The van der Waals surface area contributed by atoms with Crippen LogP contribution in [0.4, 0.5) is 5.69 Å². The molecule has 1 aliphatic heterocycles. The third-order valence-electron chi connectivity index (χ3n) is 5.70. The molecule has 0 radical (unpaired) electrons. The number of furan rings is 2. The topological polar surface area (TPSA) is 66.9 Å². The van der Waals surface area contributed by atoms with Crippen LogP contribution in [0.1, 0.15) is 17.9 Å². The Hall–Kier alpha value is -3.80. The fourth-order valence-electron chi connectivity index (χ4n) is 4.20. The number of carbonyl (C=O) groups is 2. The number of carbonyl (C=O) groups excluding carboxylic acids is 2. The summed E-state index contributed by atoms with van der Waals surface area (Å²) in [6.45, 7) is 1.01. The Morgan fingerprint density at radius 1 is 0.903 bits per heavy atom. The Morgan fingerprint density at radius 3 is 2.26 bits per heavy atom. The molecule has 0 aliphatic carbocycles. The fraction of sp³-hybridized carbons (Fsp3) is 0.200. The summed E-state index contributed by atoms with van der Waals surface area (Å²) in [7, 11) is 0. The molecule has 156 valence electrons. The van der Waals surface area contributed by atoms with Gasteiger partial charge in [0.1, 0.15) is 11.5 Å². The van der Waals surface area contributed by atoms with Crippen molar-refractivity contribution in [2.45, 2.75) is 19.5 Å². The standard InChI is InChI=1S/C25H22N2O4/c28-24-14-19(15-27(24)23-11-3-7-18-6-1-2-10-22(18)23)25(29)26(16-20-8-4-12-30-20)17-21-9-5-13-31-21/h1-13,19H,14-17H2. The van der Waals surface area contributed by atoms with Gasteiger partial charge in [0.2, 0.25) is 11.8 Å². The van der Waals surface area contributed by atoms with E-state index in [0.29, 0.717) is 31.2 Å². The molecule has 6 heteroatoms. The molecule has 3 heterocycles. The van der Waals surface area contributed by atoms with Crippen molar-refractivity contribution < 1.29 is 18.4 Å². The van der Waals surface area contributed by atoms with Gasteiger partial charge in [0, 0.05) is 18.4 Å². The Morgan fingerprint density at radius 2 is 1.58 bits per heavy atom. The number of benzene rings is 2. The van der Waals surface area contributed by atoms with Gasteiger partial charge < -0.3 is 18.6 Å². The van der Waals surface area contributed by atoms with Crippen molar-refractivity contribution in [3.8, 4) is 0 Å². The molecule has 0 spiro atoms. The second-order valence-corrected chi connectivity index (χ2v) is 7.76. The van der Waals surface area contributed by atoms with E-state index >= 15 is 0 Å². The van der Waals surface area contributed by atoms with Crippen molar-refractivity contribution in [1.29, 1.82) is 0 Å². The molecule has 1 aliphatic rings. The monoisotopic (exact) mass is 414 g/mol. The smallest absolute Gasteiger partial charge is 0.228 e. The van der Waals surface area contributed by atoms with Crippen molar-refractivity contribution in [1.82, 2.24) is 4.90 Å². The van der Waals surface area contributed by atoms with E-state index < -0.39 is 5.92 Å². The molecule has 1 unspecified atom stereocenters. The SMILES string of the molecule is O=C(C1CC(=O)N(c2cccc3ccccc23)C1)N(Cc1ccco1)Cc1ccco1. The Kier molecular flexibility index (Phi) is 5.04. The average molecular weight is 414 g/mol. The highest BCUT2D eigenvalue weighted by atomic mass is 16.3. The molecule has 0 saturated carbocycles. The summed E-state index contributed by atoms with van der Waals surface area (Å²) in [4.78, 5) is 29.8. The molecule has 1 fully saturated rings. The third kappa shape index (κ3) is 3.84. The van der Waals surface area contributed by atoms with Gasteiger partial charge in [0.05, 0.1) is 37.2 Å². The first kappa shape index (κ1) is 19.2. The van der Waals surface area contributed by atoms with Crippen molar-refractivity contribution >= 4 is 28.3 Å². The average Bonchev–Trinajstić information content (AvgIpc) is 3.55. The van der Waals surface area contributed by atoms with Crippen molar-refractivity contribution in [2.24, 2.45) is 5.92 Å². The van der Waals surface area contributed by atoms with Gasteiger partial charge in [0.25, 0.3) is 0 Å². The first-order valence-electron chi connectivity index (χ1n) is 10.3. The Bertz CT molecular complexity index is 1160. The van der Waals surface area contributed by atoms with Crippen LogP contribution in [-0.4, -0.2) is 23.3 Å². The van der Waals surface area contributed by atoms with Gasteiger partial charge in [-0.1, -0.05) is 36.4 Å². The lowest BCUT2D eigenvalue weighted by Gasteiger charge is -2.24. The highest BCUT2D eigenvalue weighted by Gasteiger charge is 2.38. The van der Waals surface area contributed by atoms with E-state index in [0.717, 1.165) is 16.5 Å². The zero-order chi connectivity index (χ0) is 21.2. The van der Waals surface area contributed by atoms with Crippen LogP contribution >= 0.6 is 0 Å². The Balaban J connectivity index is 1.39. The van der Waals surface area contributed by atoms with Gasteiger partial charge in [-0.3, -0.25) is 9.59 Å². The summed E-state index contributed by atoms with van der Waals surface area (Å²) in [6.07, 6.45) is 3.37. The maximum absolute atomic E-state index is 13.4. The lowest BCUT2D eigenvalue weighted by atomic mass is 10.1. The van der Waals surface area contributed by atoms with E-state index in [2.05, 4.69) is 0 Å². The maximum atomic E-state index is 13.4. The molecule has 2 amide bonds. The van der Waals surface area contributed by atoms with Gasteiger partial charge in [0.15, 0.2) is 0 Å². The molecule has 0 N–H and O–H groups in total. The minimum atomic E-state index is -0.420. The van der Waals surface area contributed by atoms with Crippen LogP contribution in [0.5, 0.6) is 0 Å². The zero-order valence-electron chi connectivity index (χ0n) is 16.9. The summed E-state index contributed by atoms with van der Waals surface area (Å²) in [5.74, 6) is 0.844. The van der Waals surface area contributed by atoms with Gasteiger partial charge in [-0.2, -0.15) is 0 Å². The molecule has 1 atom stereocenters. The van der Waals surface area contributed by atoms with Gasteiger partial charge in [-0.25, -0.2) is 0 Å². The molecular weight excluding hydrogens is 392 g/mol. The minimum Gasteiger partial charge on any atom is -0.467 e. The lowest BCUT2D eigenvalue weighted by molar-refractivity contribution is -0.137. The molecule has 2 aromatic carbocycles. The van der Waals surface area contributed by atoms with Gasteiger partial charge >= 0.3 is 0 Å². The maximum Gasteiger partial charge on any atom is 0.228 e. The van der Waals surface area contributed by atoms with Crippen LogP contribution in [0.2, 0.25) is 0 Å². The van der Waals surface area contributed by atoms with E-state index in [1.165, 1.54) is 0 Å². The summed E-state index contributed by atoms with van der Waals surface area (Å²) in [5.41, 5.74) is 0.849. The van der Waals surface area contributed by atoms with E-state index in [9.17, 15) is 9.59 Å². The van der Waals surface area contributed by atoms with Crippen LogP contribution in [0.25, 0.3) is 10.8 Å². The van der Waals surface area contributed by atoms with E-state index in [4.69, 9.17) is 8.83 Å². The van der Waals surface area contributed by atoms with Crippen LogP contribution in [0.3, 0.4) is 0 Å². The summed E-state index contributed by atoms with van der Waals surface area (Å²) in [6, 6.07) is 21.2. The van der Waals surface area contributed by atoms with Crippen molar-refractivity contribution in [3.05, 3.63) is 90.8 Å². The highest BCUT2D eigenvalue weighted by Crippen LogP contribution is 2.32. The fourth-order valence-corrected chi connectivity index (χ4v) is 4.20. The third-order valence-corrected chi connectivity index (χ3v) is 5.70. The lowest BCUT2D eigenvalue weighted by Crippen LogP contribution is -2.36. The molecule has 4 aromatic rings. The van der Waals surface area contributed by atoms with Crippen LogP contribution in [-0.2, 0) is 22.7 Å². The molecule has 2 aromatic heterocycles. The summed E-state index contributed by atoms with van der Waals surface area (Å²) in [5, 5.41) is 2.08. The van der Waals surface area contributed by atoms with E-state index in [1.54, 1.807) is 34.5 Å². The second kappa shape index (κ2) is 8.14. The number of amides is 2. The highest BCUT2D eigenvalue weighted by molar-refractivity contribution is 6.07. The number of anilines is 1. The van der Waals surface area contributed by atoms with Crippen molar-refractivity contribution in [2.75, 3.05) is 11.4 Å². The van der Waals surface area contributed by atoms with Gasteiger partial charge in [-0.05, 0) is 35.7 Å². The predicted octanol–water partition coefficient (Wildman–Crippen LogP) is 4.61. The number of hydrogen-bond acceptors (Lipinski definition) is 4. The number of hydrogen-bond donors (Lipinski definition) is 0. The van der Waals surface area contributed by atoms with Crippen LogP contribution in [0, 0.1) is 5.92 Å². The summed E-state index contributed by atoms with van der Waals surface area (Å²) >= 11 is 0. The largest absolute Gasteiger partial charge is 0.467 e. The normalized spacial score (nSPS) is 16.2. The van der Waals surface area contributed by atoms with E-state index in [1.807, 2.05) is 54.6 Å². The zero-order valence-corrected chi connectivity index (χ0v) is 16.9. The minimum absolute atomic E-state index is 0.0364. The number of nitrogens with zero attached hydrogens (tertiary/aromatic N) is 2. The molecule has 1 saturated heterocycles. The quantitative estimate of drug-likeness (QED) is 0.462. The van der Waals surface area contributed by atoms with E-state index in [-0.39, 0.29) is 18.2 Å². The first-order valence-corrected chi connectivity index (χ1v) is 10.3. The van der Waals surface area contributed by atoms with Crippen LogP contribution in [0.15, 0.2) is 88.1 Å². The Labute approximate surface area is 179 Å². The molecule has 31 heavy (non-hydrogen) atoms. The number of rotatable bonds is 6. The number of fused-ring (bicyclic) bond motifs is 1. The molecule has 6 nitrogen and oxygen atoms in total. The predicted molar refractivity (Wildman–Crippen MR) is 116 cm³/mol. The summed E-state index contributed by atoms with van der Waals surface area (Å²) < 4.78 is 10.9. The van der Waals surface area contributed by atoms with Gasteiger partial charge in [-0.15, -0.1) is 0 Å². The second-order valence-electron chi connectivity index (χ2n) is 7.76. The van der Waals surface area contributed by atoms with Crippen LogP contribution < -0.4 is 4.90 Å². The first-order chi connectivity index (χ1) is 15.2. The molecular formula is C25H22N2O4. The van der Waals surface area contributed by atoms with Crippen molar-refractivity contribution in [3.63, 3.8) is 0 Å². The molecule has 0 bridgehead atoms.